The molecule has 0 aliphatic carbocycles. The number of carbonyl (C=O) groups is 1. The van der Waals surface area contributed by atoms with Gasteiger partial charge in [0, 0.05) is 23.2 Å². The molecule has 34 heavy (non-hydrogen) atoms. The minimum Gasteiger partial charge on any atom is -0.363 e. The van der Waals surface area contributed by atoms with Crippen molar-refractivity contribution in [3.63, 3.8) is 0 Å². The molecule has 2 aromatic carbocycles. The highest BCUT2D eigenvalue weighted by atomic mass is 35.5. The first-order valence-electron chi connectivity index (χ1n) is 9.69. The zero-order valence-electron chi connectivity index (χ0n) is 16.8. The number of benzene rings is 2. The minimum absolute atomic E-state index is 0.0641. The Labute approximate surface area is 198 Å². The van der Waals surface area contributed by atoms with Crippen LogP contribution in [-0.4, -0.2) is 21.9 Å². The van der Waals surface area contributed by atoms with E-state index in [1.54, 1.807) is 24.3 Å². The van der Waals surface area contributed by atoms with Crippen LogP contribution in [0.5, 0.6) is 0 Å². The highest BCUT2D eigenvalue weighted by Crippen LogP contribution is 2.44. The number of carbonyl (C=O) groups excluding carboxylic acids is 1. The van der Waals surface area contributed by atoms with Gasteiger partial charge in [-0.05, 0) is 35.9 Å². The van der Waals surface area contributed by atoms with E-state index in [9.17, 15) is 31.1 Å². The van der Waals surface area contributed by atoms with E-state index < -0.39 is 53.0 Å². The summed E-state index contributed by atoms with van der Waals surface area (Å²) in [5.41, 5.74) is -1.26. The standard InChI is InChI=1S/C21H14Cl2F6N4O/c22-11-3-1-10(2-4-11)15-8-17(21(27,28)29)33-18(31-15)9-16(32-33)19(34)30-12-5-6-14(23)13(7-12)20(24,25)26/h1-7,9,15,17,31H,8H2,(H,30,34)/t15-,17-/m0/s1. The fourth-order valence-corrected chi connectivity index (χ4v) is 3.96. The molecule has 2 N–H and O–H groups in total. The van der Waals surface area contributed by atoms with Crippen LogP contribution < -0.4 is 10.6 Å². The Balaban J connectivity index is 1.63. The van der Waals surface area contributed by atoms with Gasteiger partial charge in [-0.1, -0.05) is 35.3 Å². The lowest BCUT2D eigenvalue weighted by atomic mass is 9.97. The summed E-state index contributed by atoms with van der Waals surface area (Å²) < 4.78 is 81.2. The summed E-state index contributed by atoms with van der Waals surface area (Å²) in [6.07, 6.45) is -9.82. The monoisotopic (exact) mass is 522 g/mol. The van der Waals surface area contributed by atoms with Crippen molar-refractivity contribution in [2.75, 3.05) is 10.6 Å². The third-order valence-electron chi connectivity index (χ3n) is 5.22. The Morgan fingerprint density at radius 3 is 2.32 bits per heavy atom. The Bertz CT molecular complexity index is 1220. The van der Waals surface area contributed by atoms with Crippen molar-refractivity contribution in [1.29, 1.82) is 0 Å². The third-order valence-corrected chi connectivity index (χ3v) is 5.81. The zero-order chi connectivity index (χ0) is 24.8. The van der Waals surface area contributed by atoms with Gasteiger partial charge in [0.2, 0.25) is 0 Å². The first-order chi connectivity index (χ1) is 15.8. The Morgan fingerprint density at radius 2 is 1.71 bits per heavy atom. The number of nitrogens with one attached hydrogen (secondary N) is 2. The molecule has 1 aliphatic rings. The largest absolute Gasteiger partial charge is 0.417 e. The van der Waals surface area contributed by atoms with E-state index in [4.69, 9.17) is 23.2 Å². The van der Waals surface area contributed by atoms with Gasteiger partial charge in [0.25, 0.3) is 5.91 Å². The van der Waals surface area contributed by atoms with E-state index >= 15 is 0 Å². The van der Waals surface area contributed by atoms with Crippen LogP contribution in [0, 0.1) is 0 Å². The molecule has 0 spiro atoms. The number of halogens is 8. The van der Waals surface area contributed by atoms with E-state index in [0.717, 1.165) is 18.2 Å². The lowest BCUT2D eigenvalue weighted by molar-refractivity contribution is -0.173. The number of anilines is 2. The summed E-state index contributed by atoms with van der Waals surface area (Å²) in [6, 6.07) is 7.33. The maximum Gasteiger partial charge on any atom is 0.417 e. The molecule has 1 aliphatic heterocycles. The molecule has 2 heterocycles. The molecule has 3 aromatic rings. The predicted octanol–water partition coefficient (Wildman–Crippen LogP) is 7.12. The summed E-state index contributed by atoms with van der Waals surface area (Å²) in [4.78, 5) is 12.6. The highest BCUT2D eigenvalue weighted by Gasteiger charge is 2.46. The molecular formula is C21H14Cl2F6N4O. The van der Waals surface area contributed by atoms with Gasteiger partial charge in [-0.15, -0.1) is 0 Å². The molecule has 4 rings (SSSR count). The van der Waals surface area contributed by atoms with Crippen molar-refractivity contribution < 1.29 is 31.1 Å². The zero-order valence-corrected chi connectivity index (χ0v) is 18.3. The van der Waals surface area contributed by atoms with Gasteiger partial charge in [-0.2, -0.15) is 31.4 Å². The van der Waals surface area contributed by atoms with Crippen LogP contribution in [0.15, 0.2) is 48.5 Å². The van der Waals surface area contributed by atoms with Crippen molar-refractivity contribution in [1.82, 2.24) is 9.78 Å². The number of amides is 1. The van der Waals surface area contributed by atoms with Gasteiger partial charge >= 0.3 is 12.4 Å². The number of alkyl halides is 6. The Hall–Kier alpha value is -2.92. The van der Waals surface area contributed by atoms with Gasteiger partial charge in [-0.25, -0.2) is 4.68 Å². The Morgan fingerprint density at radius 1 is 1.03 bits per heavy atom. The third kappa shape index (κ3) is 4.95. The molecule has 5 nitrogen and oxygen atoms in total. The fraction of sp³-hybridized carbons (Fsp3) is 0.238. The number of nitrogens with zero attached hydrogens (tertiary/aromatic N) is 2. The molecular weight excluding hydrogens is 509 g/mol. The predicted molar refractivity (Wildman–Crippen MR) is 114 cm³/mol. The second-order valence-electron chi connectivity index (χ2n) is 7.55. The summed E-state index contributed by atoms with van der Waals surface area (Å²) in [6.45, 7) is 0. The van der Waals surface area contributed by atoms with Crippen molar-refractivity contribution in [2.45, 2.75) is 30.9 Å². The summed E-state index contributed by atoms with van der Waals surface area (Å²) in [5.74, 6) is -1.05. The van der Waals surface area contributed by atoms with E-state index in [1.165, 1.54) is 0 Å². The molecule has 1 aromatic heterocycles. The average molecular weight is 523 g/mol. The topological polar surface area (TPSA) is 59.0 Å². The van der Waals surface area contributed by atoms with Crippen molar-refractivity contribution in [2.24, 2.45) is 0 Å². The number of hydrogen-bond acceptors (Lipinski definition) is 3. The lowest BCUT2D eigenvalue weighted by Crippen LogP contribution is -2.35. The second-order valence-corrected chi connectivity index (χ2v) is 8.39. The van der Waals surface area contributed by atoms with E-state index in [2.05, 4.69) is 15.7 Å². The molecule has 0 fully saturated rings. The number of aromatic nitrogens is 2. The molecule has 13 heteroatoms. The van der Waals surface area contributed by atoms with Gasteiger partial charge < -0.3 is 10.6 Å². The van der Waals surface area contributed by atoms with E-state index in [1.807, 2.05) is 0 Å². The van der Waals surface area contributed by atoms with Crippen LogP contribution >= 0.6 is 23.2 Å². The summed E-state index contributed by atoms with van der Waals surface area (Å²) in [7, 11) is 0. The molecule has 2 atom stereocenters. The number of fused-ring (bicyclic) bond motifs is 1. The number of rotatable bonds is 3. The minimum atomic E-state index is -4.76. The molecule has 0 saturated carbocycles. The lowest BCUT2D eigenvalue weighted by Gasteiger charge is -2.33. The normalized spacial score (nSPS) is 18.2. The van der Waals surface area contributed by atoms with Crippen LogP contribution in [-0.2, 0) is 6.18 Å². The van der Waals surface area contributed by atoms with Gasteiger partial charge in [-0.3, -0.25) is 4.79 Å². The van der Waals surface area contributed by atoms with Crippen molar-refractivity contribution in [3.8, 4) is 0 Å². The second kappa shape index (κ2) is 8.70. The van der Waals surface area contributed by atoms with Crippen LogP contribution in [0.1, 0.15) is 40.1 Å². The Kier molecular flexibility index (Phi) is 6.19. The highest BCUT2D eigenvalue weighted by molar-refractivity contribution is 6.31. The smallest absolute Gasteiger partial charge is 0.363 e. The van der Waals surface area contributed by atoms with Crippen LogP contribution in [0.2, 0.25) is 10.0 Å². The van der Waals surface area contributed by atoms with Gasteiger partial charge in [0.1, 0.15) is 5.82 Å². The van der Waals surface area contributed by atoms with Crippen molar-refractivity contribution in [3.05, 3.63) is 75.4 Å². The van der Waals surface area contributed by atoms with Crippen LogP contribution in [0.4, 0.5) is 37.8 Å². The molecule has 0 saturated heterocycles. The SMILES string of the molecule is O=C(Nc1ccc(Cl)c(C(F)(F)F)c1)c1cc2n(n1)[C@H](C(F)(F)F)C[C@@H](c1ccc(Cl)cc1)N2. The van der Waals surface area contributed by atoms with Gasteiger partial charge in [0.05, 0.1) is 16.6 Å². The maximum atomic E-state index is 13.8. The first-order valence-corrected chi connectivity index (χ1v) is 10.4. The quantitative estimate of drug-likeness (QED) is 0.360. The fourth-order valence-electron chi connectivity index (χ4n) is 3.61. The van der Waals surface area contributed by atoms with Crippen molar-refractivity contribution >= 4 is 40.6 Å². The van der Waals surface area contributed by atoms with E-state index in [-0.39, 0.29) is 11.5 Å². The van der Waals surface area contributed by atoms with E-state index in [0.29, 0.717) is 21.3 Å². The van der Waals surface area contributed by atoms with Crippen LogP contribution in [0.25, 0.3) is 0 Å². The number of hydrogen-bond donors (Lipinski definition) is 2. The molecule has 0 unspecified atom stereocenters. The first kappa shape index (κ1) is 24.2. The molecule has 0 bridgehead atoms. The average Bonchev–Trinajstić information content (AvgIpc) is 3.17. The molecule has 180 valence electrons. The maximum absolute atomic E-state index is 13.8. The van der Waals surface area contributed by atoms with Crippen LogP contribution in [0.3, 0.4) is 0 Å². The van der Waals surface area contributed by atoms with Gasteiger partial charge in [0.15, 0.2) is 11.7 Å². The summed E-state index contributed by atoms with van der Waals surface area (Å²) in [5, 5.41) is 8.77. The molecule has 1 amide bonds. The summed E-state index contributed by atoms with van der Waals surface area (Å²) >= 11 is 11.4. The molecule has 0 radical (unpaired) electrons.